The van der Waals surface area contributed by atoms with Crippen LogP contribution in [0.2, 0.25) is 0 Å². The van der Waals surface area contributed by atoms with Gasteiger partial charge in [-0.25, -0.2) is 0 Å². The molecule has 1 amide bonds. The topological polar surface area (TPSA) is 65.3 Å². The molecule has 4 rings (SSSR count). The van der Waals surface area contributed by atoms with Crippen molar-refractivity contribution in [2.45, 2.75) is 71.1 Å². The third-order valence-electron chi connectivity index (χ3n) is 6.67. The summed E-state index contributed by atoms with van der Waals surface area (Å²) in [6, 6.07) is 10.2. The standard InChI is InChI=1S/C27H35N3O3/c1-4-5-15-33-22-13-11-21(12-14-22)28-26(31)23-18-30(17-20-9-7-6-8-10-20)25-19(2)16-29(3)27(32)24(23)25/h6-10,16,18,21-22H,4-5,11-15,17H2,1-3H3,(H,28,31). The number of hydrogen-bond donors (Lipinski definition) is 1. The van der Waals surface area contributed by atoms with E-state index in [0.29, 0.717) is 23.6 Å². The van der Waals surface area contributed by atoms with E-state index in [1.54, 1.807) is 11.6 Å². The summed E-state index contributed by atoms with van der Waals surface area (Å²) in [6.07, 6.45) is 9.96. The zero-order valence-corrected chi connectivity index (χ0v) is 20.0. The zero-order valence-electron chi connectivity index (χ0n) is 20.0. The molecular weight excluding hydrogens is 414 g/mol. The molecular formula is C27H35N3O3. The third kappa shape index (κ3) is 5.22. The highest BCUT2D eigenvalue weighted by Gasteiger charge is 2.26. The number of fused-ring (bicyclic) bond motifs is 1. The Morgan fingerprint density at radius 3 is 2.55 bits per heavy atom. The van der Waals surface area contributed by atoms with Crippen molar-refractivity contribution in [3.8, 4) is 0 Å². The van der Waals surface area contributed by atoms with Gasteiger partial charge in [0.25, 0.3) is 11.5 Å². The third-order valence-corrected chi connectivity index (χ3v) is 6.67. The second-order valence-electron chi connectivity index (χ2n) is 9.28. The number of amides is 1. The van der Waals surface area contributed by atoms with Gasteiger partial charge in [0, 0.05) is 38.6 Å². The molecule has 33 heavy (non-hydrogen) atoms. The summed E-state index contributed by atoms with van der Waals surface area (Å²) in [7, 11) is 1.74. The van der Waals surface area contributed by atoms with Crippen molar-refractivity contribution >= 4 is 16.8 Å². The van der Waals surface area contributed by atoms with Crippen molar-refractivity contribution in [2.24, 2.45) is 7.05 Å². The molecule has 3 aromatic rings. The van der Waals surface area contributed by atoms with Crippen molar-refractivity contribution in [3.05, 3.63) is 69.8 Å². The van der Waals surface area contributed by atoms with Gasteiger partial charge in [0.05, 0.1) is 22.6 Å². The van der Waals surface area contributed by atoms with Gasteiger partial charge in [-0.1, -0.05) is 43.7 Å². The van der Waals surface area contributed by atoms with Crippen molar-refractivity contribution in [2.75, 3.05) is 6.61 Å². The van der Waals surface area contributed by atoms with Crippen LogP contribution in [0.3, 0.4) is 0 Å². The summed E-state index contributed by atoms with van der Waals surface area (Å²) in [5.41, 5.74) is 3.27. The SMILES string of the molecule is CCCCOC1CCC(NC(=O)c2cn(Cc3ccccc3)c3c(C)cn(C)c(=O)c23)CC1. The predicted molar refractivity (Wildman–Crippen MR) is 132 cm³/mol. The molecule has 0 unspecified atom stereocenters. The first-order valence-corrected chi connectivity index (χ1v) is 12.1. The lowest BCUT2D eigenvalue weighted by Crippen LogP contribution is -2.39. The Balaban J connectivity index is 1.56. The van der Waals surface area contributed by atoms with Gasteiger partial charge in [0.2, 0.25) is 0 Å². The van der Waals surface area contributed by atoms with Crippen LogP contribution in [-0.2, 0) is 18.3 Å². The summed E-state index contributed by atoms with van der Waals surface area (Å²) in [4.78, 5) is 26.4. The minimum absolute atomic E-state index is 0.115. The van der Waals surface area contributed by atoms with E-state index in [0.717, 1.165) is 61.8 Å². The molecule has 2 heterocycles. The average Bonchev–Trinajstić information content (AvgIpc) is 3.19. The van der Waals surface area contributed by atoms with E-state index < -0.39 is 0 Å². The number of benzene rings is 1. The Labute approximate surface area is 195 Å². The fraction of sp³-hybridized carbons (Fsp3) is 0.481. The summed E-state index contributed by atoms with van der Waals surface area (Å²) >= 11 is 0. The molecule has 1 N–H and O–H groups in total. The van der Waals surface area contributed by atoms with E-state index in [9.17, 15) is 9.59 Å². The van der Waals surface area contributed by atoms with Crippen LogP contribution in [0.25, 0.3) is 10.9 Å². The zero-order chi connectivity index (χ0) is 23.4. The quantitative estimate of drug-likeness (QED) is 0.513. The van der Waals surface area contributed by atoms with Gasteiger partial charge >= 0.3 is 0 Å². The van der Waals surface area contributed by atoms with Crippen molar-refractivity contribution in [1.29, 1.82) is 0 Å². The Kier molecular flexibility index (Phi) is 7.33. The smallest absolute Gasteiger partial charge is 0.260 e. The average molecular weight is 450 g/mol. The summed E-state index contributed by atoms with van der Waals surface area (Å²) < 4.78 is 9.57. The molecule has 0 bridgehead atoms. The normalized spacial score (nSPS) is 18.5. The number of unbranched alkanes of at least 4 members (excludes halogenated alkanes) is 1. The maximum Gasteiger partial charge on any atom is 0.260 e. The number of carbonyl (C=O) groups is 1. The van der Waals surface area contributed by atoms with Crippen molar-refractivity contribution in [1.82, 2.24) is 14.5 Å². The van der Waals surface area contributed by atoms with Gasteiger partial charge in [-0.05, 0) is 50.2 Å². The largest absolute Gasteiger partial charge is 0.378 e. The van der Waals surface area contributed by atoms with Gasteiger partial charge in [-0.15, -0.1) is 0 Å². The minimum atomic E-state index is -0.162. The van der Waals surface area contributed by atoms with Gasteiger partial charge in [-0.3, -0.25) is 9.59 Å². The number of ether oxygens (including phenoxy) is 1. The number of aryl methyl sites for hydroxylation is 2. The van der Waals surface area contributed by atoms with E-state index in [-0.39, 0.29) is 17.5 Å². The van der Waals surface area contributed by atoms with E-state index in [2.05, 4.69) is 24.4 Å². The minimum Gasteiger partial charge on any atom is -0.378 e. The van der Waals surface area contributed by atoms with Crippen molar-refractivity contribution < 1.29 is 9.53 Å². The van der Waals surface area contributed by atoms with Crippen LogP contribution in [0.15, 0.2) is 47.5 Å². The fourth-order valence-electron chi connectivity index (χ4n) is 4.89. The Morgan fingerprint density at radius 1 is 1.12 bits per heavy atom. The Bertz CT molecular complexity index is 1150. The Morgan fingerprint density at radius 2 is 1.85 bits per heavy atom. The number of nitrogens with zero attached hydrogens (tertiary/aromatic N) is 2. The van der Waals surface area contributed by atoms with Crippen LogP contribution in [0.5, 0.6) is 0 Å². The first kappa shape index (κ1) is 23.3. The van der Waals surface area contributed by atoms with E-state index in [1.807, 2.05) is 42.1 Å². The molecule has 1 aliphatic carbocycles. The number of aromatic nitrogens is 2. The molecule has 1 fully saturated rings. The molecule has 176 valence electrons. The summed E-state index contributed by atoms with van der Waals surface area (Å²) in [5.74, 6) is -0.162. The second kappa shape index (κ2) is 10.4. The highest BCUT2D eigenvalue weighted by molar-refractivity contribution is 6.07. The molecule has 6 heteroatoms. The highest BCUT2D eigenvalue weighted by atomic mass is 16.5. The van der Waals surface area contributed by atoms with Crippen LogP contribution in [-0.4, -0.2) is 33.8 Å². The monoisotopic (exact) mass is 449 g/mol. The number of nitrogens with one attached hydrogen (secondary N) is 1. The molecule has 0 saturated heterocycles. The number of carbonyl (C=O) groups excluding carboxylic acids is 1. The summed E-state index contributed by atoms with van der Waals surface area (Å²) in [6.45, 7) is 5.59. The van der Waals surface area contributed by atoms with E-state index >= 15 is 0 Å². The van der Waals surface area contributed by atoms with E-state index in [4.69, 9.17) is 4.74 Å². The number of hydrogen-bond acceptors (Lipinski definition) is 3. The predicted octanol–water partition coefficient (Wildman–Crippen LogP) is 4.55. The molecule has 6 nitrogen and oxygen atoms in total. The lowest BCUT2D eigenvalue weighted by atomic mass is 9.92. The molecule has 1 aromatic carbocycles. The lowest BCUT2D eigenvalue weighted by Gasteiger charge is -2.29. The molecule has 1 saturated carbocycles. The highest BCUT2D eigenvalue weighted by Crippen LogP contribution is 2.25. The molecule has 2 aromatic heterocycles. The maximum absolute atomic E-state index is 13.4. The molecule has 1 aliphatic rings. The first-order valence-electron chi connectivity index (χ1n) is 12.1. The van der Waals surface area contributed by atoms with Crippen LogP contribution in [0, 0.1) is 6.92 Å². The van der Waals surface area contributed by atoms with Crippen LogP contribution in [0.1, 0.15) is 66.9 Å². The maximum atomic E-state index is 13.4. The van der Waals surface area contributed by atoms with Gasteiger partial charge in [-0.2, -0.15) is 0 Å². The molecule has 0 spiro atoms. The van der Waals surface area contributed by atoms with Crippen LogP contribution >= 0.6 is 0 Å². The van der Waals surface area contributed by atoms with Crippen molar-refractivity contribution in [3.63, 3.8) is 0 Å². The lowest BCUT2D eigenvalue weighted by molar-refractivity contribution is 0.0209. The first-order chi connectivity index (χ1) is 16.0. The Hall–Kier alpha value is -2.86. The van der Waals surface area contributed by atoms with Gasteiger partial charge < -0.3 is 19.2 Å². The van der Waals surface area contributed by atoms with E-state index in [1.165, 1.54) is 0 Å². The summed E-state index contributed by atoms with van der Waals surface area (Å²) in [5, 5.41) is 3.70. The molecule has 0 aliphatic heterocycles. The molecule has 0 radical (unpaired) electrons. The van der Waals surface area contributed by atoms with Crippen LogP contribution < -0.4 is 10.9 Å². The van der Waals surface area contributed by atoms with Crippen LogP contribution in [0.4, 0.5) is 0 Å². The number of rotatable bonds is 8. The van der Waals surface area contributed by atoms with Gasteiger partial charge in [0.1, 0.15) is 0 Å². The number of pyridine rings is 1. The molecule has 0 atom stereocenters. The fourth-order valence-corrected chi connectivity index (χ4v) is 4.89. The second-order valence-corrected chi connectivity index (χ2v) is 9.28. The van der Waals surface area contributed by atoms with Gasteiger partial charge in [0.15, 0.2) is 0 Å².